The largest absolute Gasteiger partial charge is 0.748 e. The molecular weight excluding hydrogens is 524 g/mol. The van der Waals surface area contributed by atoms with Crippen LogP contribution in [0.2, 0.25) is 0 Å². The lowest BCUT2D eigenvalue weighted by molar-refractivity contribution is -0.683. The van der Waals surface area contributed by atoms with E-state index in [4.69, 9.17) is 0 Å². The first kappa shape index (κ1) is 31.1. The molecule has 0 aliphatic heterocycles. The van der Waals surface area contributed by atoms with Gasteiger partial charge in [-0.25, -0.2) is 8.42 Å². The fourth-order valence-corrected chi connectivity index (χ4v) is 6.19. The summed E-state index contributed by atoms with van der Waals surface area (Å²) in [7, 11) is -4.23. The molecule has 0 N–H and O–H groups in total. The van der Waals surface area contributed by atoms with Crippen LogP contribution in [0.4, 0.5) is 5.69 Å². The van der Waals surface area contributed by atoms with E-state index in [1.54, 1.807) is 11.3 Å². The van der Waals surface area contributed by atoms with Gasteiger partial charge in [0.05, 0.1) is 15.5 Å². The molecule has 0 spiro atoms. The second kappa shape index (κ2) is 16.6. The molecule has 0 aliphatic carbocycles. The highest BCUT2D eigenvalue weighted by Gasteiger charge is 2.20. The van der Waals surface area contributed by atoms with E-state index in [1.807, 2.05) is 30.3 Å². The van der Waals surface area contributed by atoms with Crippen LogP contribution in [0.3, 0.4) is 0 Å². The van der Waals surface area contributed by atoms with Gasteiger partial charge in [-0.15, -0.1) is 0 Å². The Labute approximate surface area is 240 Å². The number of hydrogen-bond acceptors (Lipinski definition) is 5. The SMILES string of the molecule is CCCCCCN(CCCCCC)c1ccc(/C=C/c2scc(-c3ccccc3)[n+]2CCCS(=O)(=O)[O-])cc1. The van der Waals surface area contributed by atoms with Crippen molar-refractivity contribution in [2.45, 2.75) is 78.2 Å². The third-order valence-corrected chi connectivity index (χ3v) is 8.66. The fourth-order valence-electron chi connectivity index (χ4n) is 4.75. The summed E-state index contributed by atoms with van der Waals surface area (Å²) in [5.74, 6) is -0.359. The molecule has 0 saturated heterocycles. The van der Waals surface area contributed by atoms with Crippen molar-refractivity contribution in [3.05, 3.63) is 70.5 Å². The van der Waals surface area contributed by atoms with Gasteiger partial charge in [0, 0.05) is 42.6 Å². The second-order valence-electron chi connectivity index (χ2n) is 10.1. The van der Waals surface area contributed by atoms with E-state index in [9.17, 15) is 13.0 Å². The van der Waals surface area contributed by atoms with Gasteiger partial charge in [0.25, 0.3) is 5.01 Å². The fraction of sp³-hybridized carbons (Fsp3) is 0.469. The van der Waals surface area contributed by atoms with Crippen molar-refractivity contribution in [2.75, 3.05) is 23.7 Å². The van der Waals surface area contributed by atoms with Crippen molar-refractivity contribution < 1.29 is 17.5 Å². The Bertz CT molecular complexity index is 1220. The number of thiazole rings is 1. The Morgan fingerprint density at radius 2 is 1.46 bits per heavy atom. The van der Waals surface area contributed by atoms with Crippen molar-refractivity contribution >= 4 is 39.3 Å². The number of hydrogen-bond donors (Lipinski definition) is 0. The molecule has 0 aliphatic rings. The molecule has 2 aromatic carbocycles. The Morgan fingerprint density at radius 3 is 2.05 bits per heavy atom. The first-order chi connectivity index (χ1) is 18.9. The van der Waals surface area contributed by atoms with Gasteiger partial charge in [-0.05, 0) is 48.7 Å². The first-order valence-electron chi connectivity index (χ1n) is 14.4. The Hall–Kier alpha value is -2.48. The molecular formula is C32H44N2O3S2. The predicted molar refractivity (Wildman–Crippen MR) is 165 cm³/mol. The Balaban J connectivity index is 1.74. The Morgan fingerprint density at radius 1 is 0.821 bits per heavy atom. The molecule has 5 nitrogen and oxygen atoms in total. The minimum atomic E-state index is -4.23. The smallest absolute Gasteiger partial charge is 0.262 e. The average molecular weight is 569 g/mol. The molecule has 1 heterocycles. The number of nitrogens with zero attached hydrogens (tertiary/aromatic N) is 2. The first-order valence-corrected chi connectivity index (χ1v) is 16.9. The van der Waals surface area contributed by atoms with Crippen molar-refractivity contribution in [3.8, 4) is 11.3 Å². The molecule has 0 amide bonds. The maximum atomic E-state index is 11.2. The zero-order chi connectivity index (χ0) is 27.9. The summed E-state index contributed by atoms with van der Waals surface area (Å²) in [6.45, 7) is 7.20. The summed E-state index contributed by atoms with van der Waals surface area (Å²) < 4.78 is 35.7. The minimum absolute atomic E-state index is 0.287. The van der Waals surface area contributed by atoms with Crippen LogP contribution in [0.15, 0.2) is 60.0 Å². The number of anilines is 1. The van der Waals surface area contributed by atoms with Gasteiger partial charge in [-0.3, -0.25) is 0 Å². The summed E-state index contributed by atoms with van der Waals surface area (Å²) in [6, 6.07) is 18.9. The highest BCUT2D eigenvalue weighted by molar-refractivity contribution is 7.85. The summed E-state index contributed by atoms with van der Waals surface area (Å²) in [6.07, 6.45) is 14.6. The molecule has 7 heteroatoms. The monoisotopic (exact) mass is 568 g/mol. The average Bonchev–Trinajstić information content (AvgIpc) is 3.33. The molecule has 212 valence electrons. The van der Waals surface area contributed by atoms with Crippen LogP contribution in [-0.4, -0.2) is 31.8 Å². The van der Waals surface area contributed by atoms with E-state index in [0.29, 0.717) is 6.54 Å². The third-order valence-electron chi connectivity index (χ3n) is 6.93. The summed E-state index contributed by atoms with van der Waals surface area (Å²) in [5, 5.41) is 3.12. The zero-order valence-electron chi connectivity index (χ0n) is 23.6. The van der Waals surface area contributed by atoms with Gasteiger partial charge in [0.1, 0.15) is 0 Å². The lowest BCUT2D eigenvalue weighted by Gasteiger charge is -2.25. The lowest BCUT2D eigenvalue weighted by Crippen LogP contribution is -2.37. The van der Waals surface area contributed by atoms with Gasteiger partial charge in [0.2, 0.25) is 5.69 Å². The summed E-state index contributed by atoms with van der Waals surface area (Å²) in [5.41, 5.74) is 4.51. The van der Waals surface area contributed by atoms with Crippen molar-refractivity contribution in [1.82, 2.24) is 0 Å². The molecule has 0 fully saturated rings. The zero-order valence-corrected chi connectivity index (χ0v) is 25.2. The van der Waals surface area contributed by atoms with Gasteiger partial charge in [0.15, 0.2) is 6.54 Å². The van der Waals surface area contributed by atoms with Crippen LogP contribution in [0.5, 0.6) is 0 Å². The third kappa shape index (κ3) is 10.9. The highest BCUT2D eigenvalue weighted by atomic mass is 32.2. The summed E-state index contributed by atoms with van der Waals surface area (Å²) in [4.78, 5) is 2.54. The van der Waals surface area contributed by atoms with Crippen LogP contribution < -0.4 is 9.47 Å². The topological polar surface area (TPSA) is 64.3 Å². The standard InChI is InChI=1S/C32H44N2O3S2/c1-3-5-7-12-23-33(24-13-8-6-4-2)30-20-17-28(18-21-30)19-22-32-34(25-14-26-39(35,36)37)31(27-38-32)29-15-10-9-11-16-29/h9-11,15-22,27H,3-8,12-14,23-26H2,1-2H3. The maximum Gasteiger partial charge on any atom is 0.262 e. The van der Waals surface area contributed by atoms with Gasteiger partial charge in [-0.2, -0.15) is 4.57 Å². The van der Waals surface area contributed by atoms with Crippen LogP contribution in [0.1, 0.15) is 82.2 Å². The second-order valence-corrected chi connectivity index (χ2v) is 12.5. The number of unbranched alkanes of at least 4 members (excludes halogenated alkanes) is 6. The molecule has 3 rings (SSSR count). The predicted octanol–water partition coefficient (Wildman–Crippen LogP) is 7.78. The van der Waals surface area contributed by atoms with Crippen molar-refractivity contribution in [2.24, 2.45) is 0 Å². The van der Waals surface area contributed by atoms with E-state index in [-0.39, 0.29) is 12.2 Å². The van der Waals surface area contributed by atoms with E-state index in [1.165, 1.54) is 57.1 Å². The number of aromatic nitrogens is 1. The molecule has 0 saturated carbocycles. The Kier molecular flexibility index (Phi) is 13.2. The quantitative estimate of drug-likeness (QED) is 0.0893. The van der Waals surface area contributed by atoms with E-state index < -0.39 is 10.1 Å². The van der Waals surface area contributed by atoms with E-state index >= 15 is 0 Å². The van der Waals surface area contributed by atoms with Crippen LogP contribution in [-0.2, 0) is 16.7 Å². The van der Waals surface area contributed by atoms with Crippen LogP contribution >= 0.6 is 11.3 Å². The molecule has 39 heavy (non-hydrogen) atoms. The number of benzene rings is 2. The molecule has 0 bridgehead atoms. The number of rotatable bonds is 18. The van der Waals surface area contributed by atoms with Crippen molar-refractivity contribution in [1.29, 1.82) is 0 Å². The van der Waals surface area contributed by atoms with Crippen LogP contribution in [0.25, 0.3) is 23.4 Å². The molecule has 1 aromatic heterocycles. The van der Waals surface area contributed by atoms with Gasteiger partial charge >= 0.3 is 0 Å². The molecule has 0 atom stereocenters. The normalized spacial score (nSPS) is 11.9. The van der Waals surface area contributed by atoms with Crippen molar-refractivity contribution in [3.63, 3.8) is 0 Å². The minimum Gasteiger partial charge on any atom is -0.748 e. The van der Waals surface area contributed by atoms with E-state index in [0.717, 1.165) is 34.9 Å². The van der Waals surface area contributed by atoms with Gasteiger partial charge in [-0.1, -0.05) is 94.0 Å². The molecule has 0 radical (unpaired) electrons. The van der Waals surface area contributed by atoms with Crippen LogP contribution in [0, 0.1) is 0 Å². The lowest BCUT2D eigenvalue weighted by atomic mass is 10.1. The molecule has 3 aromatic rings. The highest BCUT2D eigenvalue weighted by Crippen LogP contribution is 2.23. The summed E-state index contributed by atoms with van der Waals surface area (Å²) >= 11 is 1.62. The molecule has 0 unspecified atom stereocenters. The van der Waals surface area contributed by atoms with Gasteiger partial charge < -0.3 is 9.45 Å². The van der Waals surface area contributed by atoms with E-state index in [2.05, 4.69) is 65.1 Å². The maximum absolute atomic E-state index is 11.2.